The largest absolute Gasteiger partial charge is 0.493 e. The molecule has 20 heavy (non-hydrogen) atoms. The van der Waals surface area contributed by atoms with E-state index in [4.69, 9.17) is 4.74 Å². The number of ether oxygens (including phenoxy) is 1. The van der Waals surface area contributed by atoms with E-state index in [2.05, 4.69) is 33.0 Å². The normalized spacial score (nSPS) is 11.7. The summed E-state index contributed by atoms with van der Waals surface area (Å²) in [5.41, 5.74) is 0.933. The molecular formula is C16H26FNOS. The van der Waals surface area contributed by atoms with Gasteiger partial charge < -0.3 is 10.1 Å². The van der Waals surface area contributed by atoms with Crippen molar-refractivity contribution >= 4 is 11.8 Å². The van der Waals surface area contributed by atoms with Crippen LogP contribution in [0.15, 0.2) is 18.2 Å². The van der Waals surface area contributed by atoms with Crippen molar-refractivity contribution in [3.05, 3.63) is 29.6 Å². The van der Waals surface area contributed by atoms with Crippen LogP contribution in [-0.4, -0.2) is 23.7 Å². The molecule has 0 heterocycles. The first-order valence-corrected chi connectivity index (χ1v) is 8.31. The number of rotatable bonds is 8. The zero-order chi connectivity index (χ0) is 15.0. The van der Waals surface area contributed by atoms with Gasteiger partial charge in [0.15, 0.2) is 0 Å². The maximum absolute atomic E-state index is 13.6. The van der Waals surface area contributed by atoms with Crippen LogP contribution in [0.3, 0.4) is 0 Å². The van der Waals surface area contributed by atoms with Crippen LogP contribution in [0.2, 0.25) is 0 Å². The van der Waals surface area contributed by atoms with Crippen LogP contribution in [0.25, 0.3) is 0 Å². The SMILES string of the molecule is CCSCCCOc1cc(F)cc(CNC(C)(C)C)c1. The number of halogens is 1. The molecule has 0 aromatic heterocycles. The van der Waals surface area contributed by atoms with Crippen LogP contribution in [0.5, 0.6) is 5.75 Å². The van der Waals surface area contributed by atoms with E-state index in [-0.39, 0.29) is 11.4 Å². The molecule has 0 aliphatic heterocycles. The third-order valence-electron chi connectivity index (χ3n) is 2.66. The zero-order valence-electron chi connectivity index (χ0n) is 13.0. The fraction of sp³-hybridized carbons (Fsp3) is 0.625. The summed E-state index contributed by atoms with van der Waals surface area (Å²) in [6.07, 6.45) is 0.991. The minimum atomic E-state index is -0.240. The van der Waals surface area contributed by atoms with Gasteiger partial charge in [0, 0.05) is 18.2 Å². The molecule has 0 saturated carbocycles. The highest BCUT2D eigenvalue weighted by Gasteiger charge is 2.09. The molecule has 0 aliphatic carbocycles. The van der Waals surface area contributed by atoms with Crippen LogP contribution in [0.1, 0.15) is 39.7 Å². The Kier molecular flexibility index (Phi) is 7.38. The van der Waals surface area contributed by atoms with Crippen molar-refractivity contribution in [1.82, 2.24) is 5.32 Å². The second-order valence-corrected chi connectivity index (χ2v) is 7.19. The molecule has 0 amide bonds. The van der Waals surface area contributed by atoms with Crippen molar-refractivity contribution in [3.63, 3.8) is 0 Å². The molecule has 0 radical (unpaired) electrons. The molecule has 0 fully saturated rings. The summed E-state index contributed by atoms with van der Waals surface area (Å²) < 4.78 is 19.2. The Labute approximate surface area is 126 Å². The Bertz CT molecular complexity index is 404. The highest BCUT2D eigenvalue weighted by molar-refractivity contribution is 7.99. The standard InChI is InChI=1S/C16H26FNOS/c1-5-20-8-6-7-19-15-10-13(9-14(17)11-15)12-18-16(2,3)4/h9-11,18H,5-8,12H2,1-4H3. The van der Waals surface area contributed by atoms with Crippen LogP contribution < -0.4 is 10.1 Å². The number of hydrogen-bond acceptors (Lipinski definition) is 3. The predicted octanol–water partition coefficient (Wildman–Crippen LogP) is 4.24. The molecule has 2 nitrogen and oxygen atoms in total. The van der Waals surface area contributed by atoms with Gasteiger partial charge in [0.2, 0.25) is 0 Å². The Hall–Kier alpha value is -0.740. The van der Waals surface area contributed by atoms with Crippen molar-refractivity contribution in [2.75, 3.05) is 18.1 Å². The highest BCUT2D eigenvalue weighted by atomic mass is 32.2. The van der Waals surface area contributed by atoms with Gasteiger partial charge >= 0.3 is 0 Å². The molecule has 114 valence electrons. The maximum atomic E-state index is 13.6. The molecule has 0 saturated heterocycles. The molecule has 0 aliphatic rings. The lowest BCUT2D eigenvalue weighted by atomic mass is 10.1. The Morgan fingerprint density at radius 3 is 2.65 bits per heavy atom. The van der Waals surface area contributed by atoms with Gasteiger partial charge in [-0.3, -0.25) is 0 Å². The number of thioether (sulfide) groups is 1. The van der Waals surface area contributed by atoms with E-state index in [1.165, 1.54) is 6.07 Å². The molecule has 0 spiro atoms. The summed E-state index contributed by atoms with van der Waals surface area (Å²) in [7, 11) is 0. The van der Waals surface area contributed by atoms with Gasteiger partial charge in [-0.25, -0.2) is 4.39 Å². The van der Waals surface area contributed by atoms with E-state index in [1.807, 2.05) is 17.8 Å². The van der Waals surface area contributed by atoms with Gasteiger partial charge in [0.05, 0.1) is 6.61 Å². The fourth-order valence-corrected chi connectivity index (χ4v) is 2.28. The van der Waals surface area contributed by atoms with Gasteiger partial charge in [-0.15, -0.1) is 0 Å². The first-order valence-electron chi connectivity index (χ1n) is 7.16. The monoisotopic (exact) mass is 299 g/mol. The van der Waals surface area contributed by atoms with Gasteiger partial charge in [0.25, 0.3) is 0 Å². The molecule has 1 aromatic carbocycles. The molecule has 1 aromatic rings. The minimum absolute atomic E-state index is 0.0186. The molecule has 1 N–H and O–H groups in total. The molecule has 1 rings (SSSR count). The second-order valence-electron chi connectivity index (χ2n) is 5.80. The summed E-state index contributed by atoms with van der Waals surface area (Å²) in [6, 6.07) is 4.92. The zero-order valence-corrected chi connectivity index (χ0v) is 13.8. The van der Waals surface area contributed by atoms with Crippen molar-refractivity contribution in [2.45, 2.75) is 46.2 Å². The van der Waals surface area contributed by atoms with Gasteiger partial charge in [-0.1, -0.05) is 6.92 Å². The van der Waals surface area contributed by atoms with Crippen LogP contribution >= 0.6 is 11.8 Å². The van der Waals surface area contributed by atoms with Gasteiger partial charge in [-0.2, -0.15) is 11.8 Å². The lowest BCUT2D eigenvalue weighted by Crippen LogP contribution is -2.35. The van der Waals surface area contributed by atoms with E-state index < -0.39 is 0 Å². The summed E-state index contributed by atoms with van der Waals surface area (Å²) in [5, 5.41) is 3.35. The lowest BCUT2D eigenvalue weighted by Gasteiger charge is -2.20. The second kappa shape index (κ2) is 8.53. The maximum Gasteiger partial charge on any atom is 0.127 e. The van der Waals surface area contributed by atoms with E-state index in [0.717, 1.165) is 23.5 Å². The molecular weight excluding hydrogens is 273 g/mol. The minimum Gasteiger partial charge on any atom is -0.493 e. The summed E-state index contributed by atoms with van der Waals surface area (Å²) in [4.78, 5) is 0. The predicted molar refractivity (Wildman–Crippen MR) is 86.1 cm³/mol. The van der Waals surface area contributed by atoms with Gasteiger partial charge in [-0.05, 0) is 56.4 Å². The number of benzene rings is 1. The lowest BCUT2D eigenvalue weighted by molar-refractivity contribution is 0.316. The average Bonchev–Trinajstić information content (AvgIpc) is 2.35. The van der Waals surface area contributed by atoms with Crippen LogP contribution in [0.4, 0.5) is 4.39 Å². The topological polar surface area (TPSA) is 21.3 Å². The molecule has 0 atom stereocenters. The quantitative estimate of drug-likeness (QED) is 0.726. The Balaban J connectivity index is 2.49. The fourth-order valence-electron chi connectivity index (χ4n) is 1.67. The summed E-state index contributed by atoms with van der Waals surface area (Å²) in [5.74, 6) is 2.60. The average molecular weight is 299 g/mol. The van der Waals surface area contributed by atoms with Crippen molar-refractivity contribution in [3.8, 4) is 5.75 Å². The Morgan fingerprint density at radius 2 is 2.00 bits per heavy atom. The highest BCUT2D eigenvalue weighted by Crippen LogP contribution is 2.17. The molecule has 4 heteroatoms. The van der Waals surface area contributed by atoms with Gasteiger partial charge in [0.1, 0.15) is 11.6 Å². The Morgan fingerprint density at radius 1 is 1.25 bits per heavy atom. The van der Waals surface area contributed by atoms with Crippen molar-refractivity contribution < 1.29 is 9.13 Å². The molecule has 0 bridgehead atoms. The smallest absolute Gasteiger partial charge is 0.127 e. The van der Waals surface area contributed by atoms with Crippen LogP contribution in [-0.2, 0) is 6.54 Å². The van der Waals surface area contributed by atoms with Crippen molar-refractivity contribution in [1.29, 1.82) is 0 Å². The third-order valence-corrected chi connectivity index (χ3v) is 3.65. The van der Waals surface area contributed by atoms with E-state index >= 15 is 0 Å². The number of hydrogen-bond donors (Lipinski definition) is 1. The van der Waals surface area contributed by atoms with Crippen LogP contribution in [0, 0.1) is 5.82 Å². The summed E-state index contributed by atoms with van der Waals surface area (Å²) >= 11 is 1.90. The van der Waals surface area contributed by atoms with E-state index in [1.54, 1.807) is 6.07 Å². The first kappa shape index (κ1) is 17.3. The summed E-state index contributed by atoms with van der Waals surface area (Å²) in [6.45, 7) is 9.71. The first-order chi connectivity index (χ1) is 9.40. The van der Waals surface area contributed by atoms with Crippen molar-refractivity contribution in [2.24, 2.45) is 0 Å². The van der Waals surface area contributed by atoms with E-state index in [0.29, 0.717) is 18.9 Å². The third kappa shape index (κ3) is 7.75. The molecule has 0 unspecified atom stereocenters. The number of nitrogens with one attached hydrogen (secondary N) is 1. The van der Waals surface area contributed by atoms with E-state index in [9.17, 15) is 4.39 Å².